The largest absolute Gasteiger partial charge is 0.573 e. The molecular formula is C26H23F3N2O6. The number of alkyl halides is 3. The molecule has 1 amide bonds. The van der Waals surface area contributed by atoms with Gasteiger partial charge in [0, 0.05) is 23.9 Å². The molecule has 3 rings (SSSR count). The molecule has 0 saturated carbocycles. The number of hydrogen-bond donors (Lipinski definition) is 0. The average molecular weight is 516 g/mol. The summed E-state index contributed by atoms with van der Waals surface area (Å²) in [6.45, 7) is 0.178. The molecule has 0 atom stereocenters. The van der Waals surface area contributed by atoms with Gasteiger partial charge in [-0.3, -0.25) is 4.79 Å². The number of unbranched alkanes of at least 4 members (excludes halogenated alkanes) is 1. The summed E-state index contributed by atoms with van der Waals surface area (Å²) < 4.78 is 45.8. The molecule has 0 radical (unpaired) electrons. The summed E-state index contributed by atoms with van der Waals surface area (Å²) in [6, 6.07) is 19.0. The van der Waals surface area contributed by atoms with Crippen LogP contribution in [0.2, 0.25) is 0 Å². The highest BCUT2D eigenvalue weighted by Crippen LogP contribution is 2.36. The highest BCUT2D eigenvalue weighted by molar-refractivity contribution is 6.38. The minimum Gasteiger partial charge on any atom is -0.462 e. The molecule has 0 bridgehead atoms. The summed E-state index contributed by atoms with van der Waals surface area (Å²) in [7, 11) is 1.09. The first-order valence-electron chi connectivity index (χ1n) is 11.2. The van der Waals surface area contributed by atoms with E-state index in [9.17, 15) is 27.7 Å². The van der Waals surface area contributed by atoms with Gasteiger partial charge in [0.1, 0.15) is 5.75 Å². The van der Waals surface area contributed by atoms with Crippen LogP contribution in [-0.2, 0) is 20.7 Å². The number of amides is 1. The number of anilines is 1. The van der Waals surface area contributed by atoms with Gasteiger partial charge in [-0.2, -0.15) is 0 Å². The number of esters is 1. The molecule has 11 heteroatoms. The van der Waals surface area contributed by atoms with Crippen LogP contribution in [0.1, 0.15) is 18.4 Å². The second kappa shape index (κ2) is 12.5. The summed E-state index contributed by atoms with van der Waals surface area (Å²) in [5.41, 5.74) is 2.09. The van der Waals surface area contributed by atoms with E-state index in [1.54, 1.807) is 0 Å². The maximum Gasteiger partial charge on any atom is 0.573 e. The average Bonchev–Trinajstić information content (AvgIpc) is 2.88. The van der Waals surface area contributed by atoms with Crippen LogP contribution in [0.4, 0.5) is 18.9 Å². The number of nitrogens with zero attached hydrogens (tertiary/aromatic N) is 2. The topological polar surface area (TPSA) is 94.5 Å². The molecule has 8 nitrogen and oxygen atoms in total. The number of carbonyl (C=O) groups is 2. The standard InChI is InChI=1S/C26H23F3N2O6/c1-35-25(33)24(32)31(16-6-5-9-18-7-3-2-4-8-18)20-12-15-22(23(17-20)37-30-34)19-10-13-21(14-11-19)36-26(27,28)29/h2-4,7-8,10-15,17H,5-6,9,16H2,1H3. The summed E-state index contributed by atoms with van der Waals surface area (Å²) in [5, 5.41) is 2.45. The van der Waals surface area contributed by atoms with Crippen molar-refractivity contribution in [2.75, 3.05) is 18.6 Å². The smallest absolute Gasteiger partial charge is 0.462 e. The highest BCUT2D eigenvalue weighted by Gasteiger charge is 2.31. The molecule has 0 N–H and O–H groups in total. The zero-order valence-electron chi connectivity index (χ0n) is 19.7. The first-order valence-corrected chi connectivity index (χ1v) is 11.2. The van der Waals surface area contributed by atoms with Gasteiger partial charge in [0.05, 0.1) is 7.11 Å². The lowest BCUT2D eigenvalue weighted by Crippen LogP contribution is -2.38. The van der Waals surface area contributed by atoms with Crippen molar-refractivity contribution in [3.63, 3.8) is 0 Å². The molecule has 194 valence electrons. The zero-order valence-corrected chi connectivity index (χ0v) is 19.7. The Bertz CT molecular complexity index is 1220. The van der Waals surface area contributed by atoms with Crippen LogP contribution in [-0.4, -0.2) is 31.9 Å². The van der Waals surface area contributed by atoms with Gasteiger partial charge in [0.25, 0.3) is 0 Å². The second-order valence-corrected chi connectivity index (χ2v) is 7.81. The van der Waals surface area contributed by atoms with E-state index in [0.29, 0.717) is 17.5 Å². The maximum absolute atomic E-state index is 12.7. The number of aryl methyl sites for hydroxylation is 1. The van der Waals surface area contributed by atoms with Crippen molar-refractivity contribution in [3.05, 3.63) is 83.3 Å². The van der Waals surface area contributed by atoms with Crippen molar-refractivity contribution in [1.82, 2.24) is 0 Å². The van der Waals surface area contributed by atoms with Gasteiger partial charge >= 0.3 is 18.2 Å². The maximum atomic E-state index is 12.7. The number of ether oxygens (including phenoxy) is 2. The van der Waals surface area contributed by atoms with Crippen molar-refractivity contribution in [2.45, 2.75) is 25.6 Å². The first kappa shape index (κ1) is 27.2. The summed E-state index contributed by atoms with van der Waals surface area (Å²) >= 11 is 0. The van der Waals surface area contributed by atoms with E-state index in [-0.39, 0.29) is 18.0 Å². The third-order valence-corrected chi connectivity index (χ3v) is 5.36. The molecule has 0 unspecified atom stereocenters. The van der Waals surface area contributed by atoms with Crippen LogP contribution in [0.25, 0.3) is 11.1 Å². The molecule has 37 heavy (non-hydrogen) atoms. The van der Waals surface area contributed by atoms with Gasteiger partial charge in [-0.15, -0.1) is 18.1 Å². The fourth-order valence-corrected chi connectivity index (χ4v) is 3.66. The Morgan fingerprint density at radius 2 is 1.65 bits per heavy atom. The molecule has 0 fully saturated rings. The van der Waals surface area contributed by atoms with E-state index in [1.165, 1.54) is 35.2 Å². The monoisotopic (exact) mass is 516 g/mol. The lowest BCUT2D eigenvalue weighted by atomic mass is 10.0. The quantitative estimate of drug-likeness (QED) is 0.110. The molecule has 3 aromatic rings. The summed E-state index contributed by atoms with van der Waals surface area (Å²) in [6.07, 6.45) is -2.77. The normalized spacial score (nSPS) is 10.9. The van der Waals surface area contributed by atoms with E-state index in [0.717, 1.165) is 37.6 Å². The third kappa shape index (κ3) is 7.79. The number of benzene rings is 3. The summed E-state index contributed by atoms with van der Waals surface area (Å²) in [5.74, 6) is -2.46. The minimum atomic E-state index is -4.84. The van der Waals surface area contributed by atoms with Crippen molar-refractivity contribution < 1.29 is 37.1 Å². The van der Waals surface area contributed by atoms with Crippen LogP contribution in [0.5, 0.6) is 11.5 Å². The van der Waals surface area contributed by atoms with E-state index in [2.05, 4.69) is 14.8 Å². The van der Waals surface area contributed by atoms with Crippen LogP contribution < -0.4 is 14.5 Å². The number of halogens is 3. The van der Waals surface area contributed by atoms with Gasteiger partial charge < -0.3 is 19.2 Å². The Labute approximate surface area is 210 Å². The molecule has 0 saturated heterocycles. The molecule has 0 spiro atoms. The van der Waals surface area contributed by atoms with E-state index < -0.39 is 24.0 Å². The summed E-state index contributed by atoms with van der Waals surface area (Å²) in [4.78, 5) is 41.7. The number of hydrogen-bond acceptors (Lipinski definition) is 7. The SMILES string of the molecule is COC(=O)C(=O)N(CCCCc1ccccc1)c1ccc(-c2ccc(OC(F)(F)F)cc2)c(ON=O)c1. The molecule has 0 aliphatic carbocycles. The fourth-order valence-electron chi connectivity index (χ4n) is 3.66. The number of rotatable bonds is 10. The number of methoxy groups -OCH3 is 1. The second-order valence-electron chi connectivity index (χ2n) is 7.81. The lowest BCUT2D eigenvalue weighted by molar-refractivity contribution is -0.274. The van der Waals surface area contributed by atoms with E-state index in [1.807, 2.05) is 30.3 Å². The highest BCUT2D eigenvalue weighted by atomic mass is 19.4. The Balaban J connectivity index is 1.84. The van der Waals surface area contributed by atoms with Crippen LogP contribution in [0, 0.1) is 4.91 Å². The van der Waals surface area contributed by atoms with Gasteiger partial charge in [-0.1, -0.05) is 42.5 Å². The molecular weight excluding hydrogens is 493 g/mol. The van der Waals surface area contributed by atoms with Crippen LogP contribution >= 0.6 is 0 Å². The third-order valence-electron chi connectivity index (χ3n) is 5.36. The van der Waals surface area contributed by atoms with Crippen molar-refractivity contribution in [1.29, 1.82) is 0 Å². The Hall–Kier alpha value is -4.41. The number of carbonyl (C=O) groups excluding carboxylic acids is 2. The zero-order chi connectivity index (χ0) is 26.8. The van der Waals surface area contributed by atoms with Crippen LogP contribution in [0.15, 0.2) is 78.1 Å². The molecule has 0 aliphatic heterocycles. The van der Waals surface area contributed by atoms with Crippen molar-refractivity contribution in [3.8, 4) is 22.6 Å². The predicted octanol–water partition coefficient (Wildman–Crippen LogP) is 5.84. The lowest BCUT2D eigenvalue weighted by Gasteiger charge is -2.22. The van der Waals surface area contributed by atoms with Crippen molar-refractivity contribution in [2.24, 2.45) is 5.34 Å². The molecule has 0 heterocycles. The van der Waals surface area contributed by atoms with Crippen LogP contribution in [0.3, 0.4) is 0 Å². The molecule has 0 aliphatic rings. The Morgan fingerprint density at radius 1 is 0.946 bits per heavy atom. The first-order chi connectivity index (χ1) is 17.7. The van der Waals surface area contributed by atoms with Gasteiger partial charge in [-0.25, -0.2) is 4.79 Å². The van der Waals surface area contributed by atoms with Gasteiger partial charge in [-0.05, 0) is 54.7 Å². The molecule has 3 aromatic carbocycles. The Morgan fingerprint density at radius 3 is 2.27 bits per heavy atom. The predicted molar refractivity (Wildman–Crippen MR) is 129 cm³/mol. The van der Waals surface area contributed by atoms with Gasteiger partial charge in [0.15, 0.2) is 11.1 Å². The minimum absolute atomic E-state index is 0.0658. The van der Waals surface area contributed by atoms with E-state index in [4.69, 9.17) is 4.84 Å². The Kier molecular flexibility index (Phi) is 9.20. The van der Waals surface area contributed by atoms with Gasteiger partial charge in [0.2, 0.25) is 0 Å². The van der Waals surface area contributed by atoms with Crippen molar-refractivity contribution >= 4 is 17.6 Å². The molecule has 0 aromatic heterocycles. The fraction of sp³-hybridized carbons (Fsp3) is 0.231. The van der Waals surface area contributed by atoms with E-state index >= 15 is 0 Å².